The third kappa shape index (κ3) is 2.82. The van der Waals surface area contributed by atoms with Gasteiger partial charge in [0.15, 0.2) is 0 Å². The summed E-state index contributed by atoms with van der Waals surface area (Å²) in [6.45, 7) is 0.236. The fourth-order valence-electron chi connectivity index (χ4n) is 2.09. The van der Waals surface area contributed by atoms with E-state index in [-0.39, 0.29) is 12.5 Å². The number of nitrogens with zero attached hydrogens (tertiary/aromatic N) is 1. The van der Waals surface area contributed by atoms with Crippen LogP contribution >= 0.6 is 0 Å². The van der Waals surface area contributed by atoms with E-state index in [4.69, 9.17) is 4.74 Å². The fourth-order valence-corrected chi connectivity index (χ4v) is 2.09. The molecule has 1 saturated carbocycles. The smallest absolute Gasteiger partial charge is 0.239 e. The van der Waals surface area contributed by atoms with E-state index in [0.717, 1.165) is 29.4 Å². The van der Waals surface area contributed by atoms with Crippen LogP contribution in [0.3, 0.4) is 0 Å². The molecule has 0 radical (unpaired) electrons. The third-order valence-electron chi connectivity index (χ3n) is 3.33. The average Bonchev–Trinajstić information content (AvgIpc) is 3.28. The highest BCUT2D eigenvalue weighted by Gasteiger charge is 2.22. The van der Waals surface area contributed by atoms with Gasteiger partial charge in [0.1, 0.15) is 11.6 Å². The second kappa shape index (κ2) is 5.36. The first-order valence-electron chi connectivity index (χ1n) is 6.72. The van der Waals surface area contributed by atoms with E-state index >= 15 is 0 Å². The molecule has 0 spiro atoms. The van der Waals surface area contributed by atoms with Crippen LogP contribution in [0.15, 0.2) is 30.5 Å². The zero-order chi connectivity index (χ0) is 13.9. The standard InChI is InChI=1S/C15H17N3O2/c1-20-12-5-2-10-6-7-16-15(13(10)8-12)17-9-14(19)18-11-3-4-11/h2,5-8,11H,3-4,9H2,1H3,(H,16,17)(H,18,19). The molecule has 1 heterocycles. The van der Waals surface area contributed by atoms with Crippen molar-refractivity contribution in [2.45, 2.75) is 18.9 Å². The van der Waals surface area contributed by atoms with Gasteiger partial charge in [0.05, 0.1) is 13.7 Å². The van der Waals surface area contributed by atoms with Crippen molar-refractivity contribution in [1.82, 2.24) is 10.3 Å². The van der Waals surface area contributed by atoms with Gasteiger partial charge in [-0.2, -0.15) is 0 Å². The van der Waals surface area contributed by atoms with Crippen LogP contribution in [0.5, 0.6) is 5.75 Å². The fraction of sp³-hybridized carbons (Fsp3) is 0.333. The molecule has 0 saturated heterocycles. The topological polar surface area (TPSA) is 63.2 Å². The van der Waals surface area contributed by atoms with E-state index in [1.807, 2.05) is 24.3 Å². The second-order valence-electron chi connectivity index (χ2n) is 4.94. The van der Waals surface area contributed by atoms with E-state index in [1.165, 1.54) is 0 Å². The van der Waals surface area contributed by atoms with Gasteiger partial charge in [-0.25, -0.2) is 4.98 Å². The maximum Gasteiger partial charge on any atom is 0.239 e. The minimum absolute atomic E-state index is 0.00852. The summed E-state index contributed by atoms with van der Waals surface area (Å²) in [6, 6.07) is 8.12. The molecular formula is C15H17N3O2. The Labute approximate surface area is 117 Å². The van der Waals surface area contributed by atoms with Crippen LogP contribution in [0, 0.1) is 0 Å². The molecule has 0 bridgehead atoms. The molecule has 1 aliphatic rings. The van der Waals surface area contributed by atoms with Crippen LogP contribution in [-0.2, 0) is 4.79 Å². The summed E-state index contributed by atoms with van der Waals surface area (Å²) in [5, 5.41) is 8.05. The first-order chi connectivity index (χ1) is 9.76. The summed E-state index contributed by atoms with van der Waals surface area (Å²) >= 11 is 0. The van der Waals surface area contributed by atoms with Crippen molar-refractivity contribution >= 4 is 22.5 Å². The van der Waals surface area contributed by atoms with Crippen molar-refractivity contribution in [3.63, 3.8) is 0 Å². The quantitative estimate of drug-likeness (QED) is 0.872. The zero-order valence-electron chi connectivity index (χ0n) is 11.3. The van der Waals surface area contributed by atoms with Gasteiger partial charge in [-0.05, 0) is 36.4 Å². The Balaban J connectivity index is 1.77. The number of anilines is 1. The molecular weight excluding hydrogens is 254 g/mol. The number of nitrogens with one attached hydrogen (secondary N) is 2. The minimum atomic E-state index is 0.00852. The molecule has 2 N–H and O–H groups in total. The second-order valence-corrected chi connectivity index (χ2v) is 4.94. The SMILES string of the molecule is COc1ccc2ccnc(NCC(=O)NC3CC3)c2c1. The first kappa shape index (κ1) is 12.7. The van der Waals surface area contributed by atoms with Crippen molar-refractivity contribution in [3.05, 3.63) is 30.5 Å². The normalized spacial score (nSPS) is 14.1. The van der Waals surface area contributed by atoms with E-state index in [9.17, 15) is 4.79 Å². The van der Waals surface area contributed by atoms with Crippen molar-refractivity contribution < 1.29 is 9.53 Å². The van der Waals surface area contributed by atoms with Crippen molar-refractivity contribution in [2.24, 2.45) is 0 Å². The Hall–Kier alpha value is -2.30. The number of pyridine rings is 1. The van der Waals surface area contributed by atoms with Crippen LogP contribution in [-0.4, -0.2) is 30.6 Å². The molecule has 3 rings (SSSR count). The predicted octanol–water partition coefficient (Wildman–Crippen LogP) is 1.93. The summed E-state index contributed by atoms with van der Waals surface area (Å²) < 4.78 is 5.23. The minimum Gasteiger partial charge on any atom is -0.497 e. The Morgan fingerprint density at radius 2 is 2.25 bits per heavy atom. The van der Waals surface area contributed by atoms with Crippen molar-refractivity contribution in [3.8, 4) is 5.75 Å². The molecule has 1 aromatic carbocycles. The van der Waals surface area contributed by atoms with Crippen LogP contribution < -0.4 is 15.4 Å². The number of rotatable bonds is 5. The van der Waals surface area contributed by atoms with Crippen molar-refractivity contribution in [2.75, 3.05) is 19.0 Å². The lowest BCUT2D eigenvalue weighted by molar-refractivity contribution is -0.119. The molecule has 1 aliphatic carbocycles. The number of hydrogen-bond donors (Lipinski definition) is 2. The van der Waals surface area contributed by atoms with Gasteiger partial charge >= 0.3 is 0 Å². The number of benzene rings is 1. The van der Waals surface area contributed by atoms with Gasteiger partial charge < -0.3 is 15.4 Å². The molecule has 0 aliphatic heterocycles. The molecule has 20 heavy (non-hydrogen) atoms. The average molecular weight is 271 g/mol. The molecule has 1 fully saturated rings. The Morgan fingerprint density at radius 1 is 1.40 bits per heavy atom. The Bertz CT molecular complexity index is 638. The largest absolute Gasteiger partial charge is 0.497 e. The van der Waals surface area contributed by atoms with Crippen LogP contribution in [0.1, 0.15) is 12.8 Å². The van der Waals surface area contributed by atoms with Gasteiger partial charge in [-0.3, -0.25) is 4.79 Å². The van der Waals surface area contributed by atoms with Crippen molar-refractivity contribution in [1.29, 1.82) is 0 Å². The Morgan fingerprint density at radius 3 is 3.00 bits per heavy atom. The lowest BCUT2D eigenvalue weighted by Crippen LogP contribution is -2.31. The number of carbonyl (C=O) groups is 1. The van der Waals surface area contributed by atoms with Gasteiger partial charge in [-0.15, -0.1) is 0 Å². The summed E-state index contributed by atoms with van der Waals surface area (Å²) in [6.07, 6.45) is 3.92. The van der Waals surface area contributed by atoms with Gasteiger partial charge in [0.25, 0.3) is 0 Å². The number of amides is 1. The monoisotopic (exact) mass is 271 g/mol. The molecule has 5 heteroatoms. The maximum absolute atomic E-state index is 11.7. The summed E-state index contributed by atoms with van der Waals surface area (Å²) in [7, 11) is 1.63. The first-order valence-corrected chi connectivity index (χ1v) is 6.72. The molecule has 1 aromatic heterocycles. The third-order valence-corrected chi connectivity index (χ3v) is 3.33. The number of carbonyl (C=O) groups excluding carboxylic acids is 1. The number of ether oxygens (including phenoxy) is 1. The number of methoxy groups -OCH3 is 1. The maximum atomic E-state index is 11.7. The summed E-state index contributed by atoms with van der Waals surface area (Å²) in [4.78, 5) is 16.0. The van der Waals surface area contributed by atoms with E-state index in [2.05, 4.69) is 15.6 Å². The zero-order valence-corrected chi connectivity index (χ0v) is 11.3. The molecule has 1 amide bonds. The Kier molecular flexibility index (Phi) is 3.41. The number of aromatic nitrogens is 1. The number of fused-ring (bicyclic) bond motifs is 1. The van der Waals surface area contributed by atoms with E-state index < -0.39 is 0 Å². The van der Waals surface area contributed by atoms with E-state index in [1.54, 1.807) is 13.3 Å². The number of hydrogen-bond acceptors (Lipinski definition) is 4. The van der Waals surface area contributed by atoms with Crippen LogP contribution in [0.25, 0.3) is 10.8 Å². The van der Waals surface area contributed by atoms with Crippen LogP contribution in [0.2, 0.25) is 0 Å². The molecule has 0 atom stereocenters. The molecule has 104 valence electrons. The van der Waals surface area contributed by atoms with Gasteiger partial charge in [0.2, 0.25) is 5.91 Å². The van der Waals surface area contributed by atoms with Gasteiger partial charge in [0, 0.05) is 17.6 Å². The van der Waals surface area contributed by atoms with Crippen LogP contribution in [0.4, 0.5) is 5.82 Å². The highest BCUT2D eigenvalue weighted by Crippen LogP contribution is 2.25. The molecule has 0 unspecified atom stereocenters. The lowest BCUT2D eigenvalue weighted by Gasteiger charge is -2.10. The highest BCUT2D eigenvalue weighted by atomic mass is 16.5. The molecule has 5 nitrogen and oxygen atoms in total. The molecule has 2 aromatic rings. The van der Waals surface area contributed by atoms with E-state index in [0.29, 0.717) is 11.9 Å². The summed E-state index contributed by atoms with van der Waals surface area (Å²) in [5.41, 5.74) is 0. The van der Waals surface area contributed by atoms with Gasteiger partial charge in [-0.1, -0.05) is 6.07 Å². The lowest BCUT2D eigenvalue weighted by atomic mass is 10.1. The predicted molar refractivity (Wildman–Crippen MR) is 77.9 cm³/mol. The highest BCUT2D eigenvalue weighted by molar-refractivity contribution is 5.94. The summed E-state index contributed by atoms with van der Waals surface area (Å²) in [5.74, 6) is 1.48.